The molecule has 0 radical (unpaired) electrons. The molecule has 0 aromatic heterocycles. The van der Waals surface area contributed by atoms with Gasteiger partial charge in [0.05, 0.1) is 18.6 Å². The molecule has 12 nitrogen and oxygen atoms in total. The quantitative estimate of drug-likeness (QED) is 0.181. The van der Waals surface area contributed by atoms with Crippen molar-refractivity contribution in [3.63, 3.8) is 0 Å². The average Bonchev–Trinajstić information content (AvgIpc) is 2.55. The predicted octanol–water partition coefficient (Wildman–Crippen LogP) is -2.61. The summed E-state index contributed by atoms with van der Waals surface area (Å²) in [6, 6.07) is -4.06. The van der Waals surface area contributed by atoms with Crippen molar-refractivity contribution in [2.24, 2.45) is 11.7 Å². The molecule has 4 unspecified atom stereocenters. The first-order valence-electron chi connectivity index (χ1n) is 8.60. The second kappa shape index (κ2) is 11.9. The molecule has 160 valence electrons. The molecule has 0 aliphatic carbocycles. The lowest BCUT2D eigenvalue weighted by Gasteiger charge is -2.24. The highest BCUT2D eigenvalue weighted by molar-refractivity contribution is 5.95. The number of aliphatic carboxylic acids is 2. The van der Waals surface area contributed by atoms with E-state index in [4.69, 9.17) is 15.9 Å². The molecule has 28 heavy (non-hydrogen) atoms. The van der Waals surface area contributed by atoms with Gasteiger partial charge in [-0.1, -0.05) is 13.8 Å². The van der Waals surface area contributed by atoms with Crippen molar-refractivity contribution in [2.75, 3.05) is 6.54 Å². The molecule has 4 atom stereocenters. The van der Waals surface area contributed by atoms with Gasteiger partial charge in [0, 0.05) is 0 Å². The smallest absolute Gasteiger partial charge is 0.322 e. The van der Waals surface area contributed by atoms with Crippen LogP contribution in [0.25, 0.3) is 0 Å². The minimum atomic E-state index is -1.55. The summed E-state index contributed by atoms with van der Waals surface area (Å²) in [6.07, 6.45) is -1.89. The lowest BCUT2D eigenvalue weighted by atomic mass is 10.0. The van der Waals surface area contributed by atoms with Crippen LogP contribution in [0, 0.1) is 5.92 Å². The number of carbonyl (C=O) groups excluding carboxylic acids is 3. The molecule has 0 saturated carbocycles. The van der Waals surface area contributed by atoms with Crippen molar-refractivity contribution >= 4 is 29.7 Å². The second-order valence-corrected chi connectivity index (χ2v) is 6.73. The highest BCUT2D eigenvalue weighted by Crippen LogP contribution is 2.04. The van der Waals surface area contributed by atoms with Crippen molar-refractivity contribution in [3.8, 4) is 0 Å². The molecule has 0 saturated heterocycles. The third-order valence-electron chi connectivity index (χ3n) is 3.55. The molecule has 3 amide bonds. The van der Waals surface area contributed by atoms with E-state index in [1.54, 1.807) is 0 Å². The van der Waals surface area contributed by atoms with Gasteiger partial charge in [-0.15, -0.1) is 0 Å². The van der Waals surface area contributed by atoms with E-state index < -0.39 is 66.9 Å². The van der Waals surface area contributed by atoms with Crippen LogP contribution in [-0.4, -0.2) is 75.8 Å². The van der Waals surface area contributed by atoms with E-state index in [2.05, 4.69) is 10.6 Å². The van der Waals surface area contributed by atoms with Crippen molar-refractivity contribution < 1.29 is 39.3 Å². The fourth-order valence-corrected chi connectivity index (χ4v) is 2.21. The summed E-state index contributed by atoms with van der Waals surface area (Å²) in [5.74, 6) is -5.39. The molecular weight excluding hydrogens is 376 g/mol. The van der Waals surface area contributed by atoms with E-state index in [0.717, 1.165) is 0 Å². The van der Waals surface area contributed by atoms with E-state index in [1.807, 2.05) is 19.2 Å². The molecule has 0 aromatic carbocycles. The first-order valence-corrected chi connectivity index (χ1v) is 8.60. The van der Waals surface area contributed by atoms with E-state index >= 15 is 0 Å². The van der Waals surface area contributed by atoms with Crippen molar-refractivity contribution in [3.05, 3.63) is 0 Å². The van der Waals surface area contributed by atoms with Gasteiger partial charge < -0.3 is 37.0 Å². The Kier molecular flexibility index (Phi) is 10.7. The summed E-state index contributed by atoms with van der Waals surface area (Å²) in [7, 11) is 0. The van der Waals surface area contributed by atoms with Crippen LogP contribution in [0.15, 0.2) is 0 Å². The molecule has 0 spiro atoms. The maximum Gasteiger partial charge on any atom is 0.322 e. The van der Waals surface area contributed by atoms with Gasteiger partial charge in [-0.25, -0.2) is 0 Å². The monoisotopic (exact) mass is 404 g/mol. The maximum atomic E-state index is 12.4. The van der Waals surface area contributed by atoms with Crippen molar-refractivity contribution in [1.82, 2.24) is 16.0 Å². The predicted molar refractivity (Wildman–Crippen MR) is 95.9 cm³/mol. The summed E-state index contributed by atoms with van der Waals surface area (Å²) < 4.78 is 0. The Morgan fingerprint density at radius 2 is 1.46 bits per heavy atom. The zero-order chi connectivity index (χ0) is 22.0. The zero-order valence-electron chi connectivity index (χ0n) is 16.0. The van der Waals surface area contributed by atoms with Gasteiger partial charge in [0.25, 0.3) is 0 Å². The lowest BCUT2D eigenvalue weighted by molar-refractivity contribution is -0.142. The zero-order valence-corrected chi connectivity index (χ0v) is 16.0. The van der Waals surface area contributed by atoms with E-state index in [0.29, 0.717) is 6.42 Å². The number of aliphatic hydroxyl groups excluding tert-OH is 1. The van der Waals surface area contributed by atoms with Crippen LogP contribution in [-0.2, 0) is 24.0 Å². The highest BCUT2D eigenvalue weighted by Gasteiger charge is 2.31. The fraction of sp³-hybridized carbons (Fsp3) is 0.688. The van der Waals surface area contributed by atoms with Crippen LogP contribution >= 0.6 is 0 Å². The SMILES string of the molecule is CC(C)CC(N)C(=O)NC(CC(=O)O)C(=O)NC(C(=O)NCC(=O)O)C(C)O. The molecule has 12 heteroatoms. The number of carbonyl (C=O) groups is 5. The standard InChI is InChI=1S/C16H28N4O8/c1-7(2)4-9(17)14(26)19-10(5-11(22)23)15(27)20-13(8(3)21)16(28)18-6-12(24)25/h7-10,13,21H,4-6,17H2,1-3H3,(H,18,28)(H,19,26)(H,20,27)(H,22,23)(H,24,25). The van der Waals surface area contributed by atoms with Gasteiger partial charge in [0.2, 0.25) is 17.7 Å². The van der Waals surface area contributed by atoms with Gasteiger partial charge in [-0.05, 0) is 19.3 Å². The number of amides is 3. The van der Waals surface area contributed by atoms with Crippen LogP contribution in [0.4, 0.5) is 0 Å². The summed E-state index contributed by atoms with van der Waals surface area (Å²) in [6.45, 7) is 4.10. The Balaban J connectivity index is 5.20. The topological polar surface area (TPSA) is 208 Å². The molecule has 0 rings (SSSR count). The first kappa shape index (κ1) is 25.3. The third-order valence-corrected chi connectivity index (χ3v) is 3.55. The molecule has 0 aromatic rings. The molecule has 0 aliphatic heterocycles. The maximum absolute atomic E-state index is 12.4. The summed E-state index contributed by atoms with van der Waals surface area (Å²) in [5.41, 5.74) is 5.71. The number of nitrogens with two attached hydrogens (primary N) is 1. The first-order chi connectivity index (χ1) is 12.8. The van der Waals surface area contributed by atoms with Gasteiger partial charge in [0.1, 0.15) is 18.6 Å². The number of rotatable bonds is 12. The summed E-state index contributed by atoms with van der Waals surface area (Å²) >= 11 is 0. The largest absolute Gasteiger partial charge is 0.481 e. The number of nitrogens with one attached hydrogen (secondary N) is 3. The van der Waals surface area contributed by atoms with E-state index in [1.165, 1.54) is 6.92 Å². The van der Waals surface area contributed by atoms with E-state index in [-0.39, 0.29) is 5.92 Å². The normalized spacial score (nSPS) is 15.1. The van der Waals surface area contributed by atoms with Crippen LogP contribution < -0.4 is 21.7 Å². The average molecular weight is 404 g/mol. The Morgan fingerprint density at radius 1 is 0.893 bits per heavy atom. The van der Waals surface area contributed by atoms with Gasteiger partial charge in [0.15, 0.2) is 0 Å². The van der Waals surface area contributed by atoms with Crippen LogP contribution in [0.5, 0.6) is 0 Å². The third kappa shape index (κ3) is 9.83. The number of carboxylic acids is 2. The number of aliphatic hydroxyl groups is 1. The number of hydrogen-bond donors (Lipinski definition) is 7. The highest BCUT2D eigenvalue weighted by atomic mass is 16.4. The Bertz CT molecular complexity index is 593. The van der Waals surface area contributed by atoms with Gasteiger partial charge >= 0.3 is 11.9 Å². The number of carboxylic acid groups (broad SMARTS) is 2. The Hall–Kier alpha value is -2.73. The molecule has 0 bridgehead atoms. The minimum absolute atomic E-state index is 0.0880. The molecule has 0 heterocycles. The number of hydrogen-bond acceptors (Lipinski definition) is 7. The fourth-order valence-electron chi connectivity index (χ4n) is 2.21. The molecule has 8 N–H and O–H groups in total. The minimum Gasteiger partial charge on any atom is -0.481 e. The van der Waals surface area contributed by atoms with Gasteiger partial charge in [-0.2, -0.15) is 0 Å². The second-order valence-electron chi connectivity index (χ2n) is 6.73. The van der Waals surface area contributed by atoms with Gasteiger partial charge in [-0.3, -0.25) is 24.0 Å². The van der Waals surface area contributed by atoms with Crippen LogP contribution in [0.2, 0.25) is 0 Å². The molecule has 0 aliphatic rings. The van der Waals surface area contributed by atoms with Crippen LogP contribution in [0.1, 0.15) is 33.6 Å². The Labute approximate surface area is 161 Å². The van der Waals surface area contributed by atoms with Crippen molar-refractivity contribution in [2.45, 2.75) is 57.8 Å². The summed E-state index contributed by atoms with van der Waals surface area (Å²) in [5, 5.41) is 33.6. The lowest BCUT2D eigenvalue weighted by Crippen LogP contribution is -2.59. The van der Waals surface area contributed by atoms with E-state index in [9.17, 15) is 29.1 Å². The molecular formula is C16H28N4O8. The van der Waals surface area contributed by atoms with Crippen LogP contribution in [0.3, 0.4) is 0 Å². The summed E-state index contributed by atoms with van der Waals surface area (Å²) in [4.78, 5) is 58.0. The Morgan fingerprint density at radius 3 is 1.89 bits per heavy atom. The molecule has 0 fully saturated rings. The van der Waals surface area contributed by atoms with Crippen molar-refractivity contribution in [1.29, 1.82) is 0 Å².